The van der Waals surface area contributed by atoms with Crippen LogP contribution in [-0.4, -0.2) is 101 Å². The highest BCUT2D eigenvalue weighted by atomic mass is 19.4. The lowest BCUT2D eigenvalue weighted by atomic mass is 9.85. The maximum Gasteiger partial charge on any atom is 0.416 e. The zero-order valence-corrected chi connectivity index (χ0v) is 28.5. The number of benzene rings is 2. The van der Waals surface area contributed by atoms with Crippen molar-refractivity contribution in [1.82, 2.24) is 9.80 Å². The molecule has 2 aromatic rings. The lowest BCUT2D eigenvalue weighted by Gasteiger charge is -2.35. The summed E-state index contributed by atoms with van der Waals surface area (Å²) >= 11 is 0. The number of piperidine rings is 1. The second-order valence-corrected chi connectivity index (χ2v) is 14.1. The number of hydrogen-bond donors (Lipinski definition) is 0. The van der Waals surface area contributed by atoms with Crippen molar-refractivity contribution in [1.29, 1.82) is 0 Å². The monoisotopic (exact) mass is 689 g/mol. The van der Waals surface area contributed by atoms with Crippen LogP contribution in [0.3, 0.4) is 0 Å². The Balaban J connectivity index is 1.31. The zero-order chi connectivity index (χ0) is 34.9. The van der Waals surface area contributed by atoms with Crippen LogP contribution < -0.4 is 9.64 Å². The number of ether oxygens (including phenoxy) is 3. The quantitative estimate of drug-likeness (QED) is 0.235. The summed E-state index contributed by atoms with van der Waals surface area (Å²) in [6, 6.07) is 11.3. The molecule has 0 bridgehead atoms. The number of halogens is 4. The Morgan fingerprint density at radius 3 is 2.22 bits per heavy atom. The molecular formula is C37H47F4N3O5. The molecule has 1 saturated carbocycles. The second kappa shape index (κ2) is 14.5. The van der Waals surface area contributed by atoms with E-state index in [-0.39, 0.29) is 56.0 Å². The molecule has 0 N–H and O–H groups in total. The molecule has 4 aliphatic rings. The summed E-state index contributed by atoms with van der Waals surface area (Å²) < 4.78 is 75.5. The van der Waals surface area contributed by atoms with E-state index in [9.17, 15) is 22.8 Å². The first kappa shape index (κ1) is 35.4. The molecule has 0 radical (unpaired) electrons. The molecule has 1 amide bonds. The van der Waals surface area contributed by atoms with Gasteiger partial charge in [0.2, 0.25) is 5.67 Å². The van der Waals surface area contributed by atoms with Gasteiger partial charge in [0.15, 0.2) is 0 Å². The average molecular weight is 690 g/mol. The molecule has 1 aliphatic carbocycles. The van der Waals surface area contributed by atoms with Crippen molar-refractivity contribution >= 4 is 17.6 Å². The van der Waals surface area contributed by atoms with Gasteiger partial charge in [-0.15, -0.1) is 0 Å². The smallest absolute Gasteiger partial charge is 0.416 e. The lowest BCUT2D eigenvalue weighted by molar-refractivity contribution is -0.146. The third-order valence-corrected chi connectivity index (χ3v) is 11.4. The highest BCUT2D eigenvalue weighted by Crippen LogP contribution is 2.47. The number of methoxy groups -OCH3 is 3. The first-order chi connectivity index (χ1) is 23.5. The fourth-order valence-electron chi connectivity index (χ4n) is 8.68. The summed E-state index contributed by atoms with van der Waals surface area (Å²) in [4.78, 5) is 32.3. The van der Waals surface area contributed by atoms with Crippen LogP contribution in [0.5, 0.6) is 5.75 Å². The largest absolute Gasteiger partial charge is 0.497 e. The standard InChI is InChI=1S/C37H47F4N3O5/c1-47-22-26-19-43(35(46)36(38)23-44(28-6-4-5-7-28)21-32(36)24-8-11-29(48-2)12-9-24)20-31(26)30-13-10-27(37(39,40)41)18-33(30)42-16-14-25(15-17-42)34(45)49-3/h8-13,18,25-26,28,31-32H,4-7,14-17,19-23H2,1-3H3/t26?,31?,32-,36-/m0/s1. The Bertz CT molecular complexity index is 1480. The molecule has 0 spiro atoms. The molecule has 3 heterocycles. The number of likely N-dealkylation sites (tertiary alicyclic amines) is 2. The van der Waals surface area contributed by atoms with E-state index in [1.807, 2.05) is 17.0 Å². The molecule has 3 saturated heterocycles. The molecule has 2 aromatic carbocycles. The number of carbonyl (C=O) groups is 2. The van der Waals surface area contributed by atoms with Crippen molar-refractivity contribution in [3.05, 3.63) is 59.2 Å². The van der Waals surface area contributed by atoms with Crippen molar-refractivity contribution in [3.8, 4) is 5.75 Å². The van der Waals surface area contributed by atoms with Gasteiger partial charge >= 0.3 is 12.1 Å². The summed E-state index contributed by atoms with van der Waals surface area (Å²) in [6.45, 7) is 1.85. The number of esters is 1. The Labute approximate surface area is 285 Å². The van der Waals surface area contributed by atoms with E-state index in [0.717, 1.165) is 37.3 Å². The van der Waals surface area contributed by atoms with Crippen LogP contribution in [0.2, 0.25) is 0 Å². The number of carbonyl (C=O) groups excluding carboxylic acids is 2. The maximum absolute atomic E-state index is 17.7. The molecule has 268 valence electrons. The first-order valence-electron chi connectivity index (χ1n) is 17.4. The Hall–Kier alpha value is -3.38. The Kier molecular flexibility index (Phi) is 10.5. The van der Waals surface area contributed by atoms with E-state index in [2.05, 4.69) is 4.90 Å². The number of hydrogen-bond acceptors (Lipinski definition) is 7. The lowest BCUT2D eigenvalue weighted by Crippen LogP contribution is -2.50. The third-order valence-electron chi connectivity index (χ3n) is 11.4. The van der Waals surface area contributed by atoms with Crippen LogP contribution in [0.4, 0.5) is 23.2 Å². The van der Waals surface area contributed by atoms with Gasteiger partial charge in [0, 0.05) is 75.9 Å². The van der Waals surface area contributed by atoms with Gasteiger partial charge in [-0.3, -0.25) is 14.5 Å². The van der Waals surface area contributed by atoms with Crippen molar-refractivity contribution < 1.29 is 41.4 Å². The maximum atomic E-state index is 17.7. The zero-order valence-electron chi connectivity index (χ0n) is 28.5. The van der Waals surface area contributed by atoms with Crippen LogP contribution >= 0.6 is 0 Å². The van der Waals surface area contributed by atoms with Crippen molar-refractivity contribution in [3.63, 3.8) is 0 Å². The highest BCUT2D eigenvalue weighted by Gasteiger charge is 2.57. The average Bonchev–Trinajstić information content (AvgIpc) is 3.87. The summed E-state index contributed by atoms with van der Waals surface area (Å²) in [5, 5.41) is 0. The molecule has 4 atom stereocenters. The molecule has 8 nitrogen and oxygen atoms in total. The summed E-state index contributed by atoms with van der Waals surface area (Å²) in [5.41, 5.74) is -1.11. The molecule has 3 aliphatic heterocycles. The van der Waals surface area contributed by atoms with Gasteiger partial charge in [-0.05, 0) is 61.1 Å². The number of alkyl halides is 4. The first-order valence-corrected chi connectivity index (χ1v) is 17.4. The fraction of sp³-hybridized carbons (Fsp3) is 0.622. The van der Waals surface area contributed by atoms with E-state index in [4.69, 9.17) is 14.2 Å². The number of nitrogens with zero attached hydrogens (tertiary/aromatic N) is 3. The van der Waals surface area contributed by atoms with Gasteiger partial charge in [-0.2, -0.15) is 13.2 Å². The predicted molar refractivity (Wildman–Crippen MR) is 176 cm³/mol. The van der Waals surface area contributed by atoms with E-state index in [1.54, 1.807) is 31.3 Å². The summed E-state index contributed by atoms with van der Waals surface area (Å²) in [5.74, 6) is -1.88. The van der Waals surface area contributed by atoms with Gasteiger partial charge in [-0.1, -0.05) is 31.0 Å². The molecule has 49 heavy (non-hydrogen) atoms. The normalized spacial score (nSPS) is 27.2. The predicted octanol–water partition coefficient (Wildman–Crippen LogP) is 6.04. The van der Waals surface area contributed by atoms with Gasteiger partial charge in [-0.25, -0.2) is 4.39 Å². The van der Waals surface area contributed by atoms with Crippen molar-refractivity contribution in [2.75, 3.05) is 72.1 Å². The van der Waals surface area contributed by atoms with Gasteiger partial charge in [0.1, 0.15) is 5.75 Å². The fourth-order valence-corrected chi connectivity index (χ4v) is 8.68. The van der Waals surface area contributed by atoms with Crippen molar-refractivity contribution in [2.24, 2.45) is 11.8 Å². The van der Waals surface area contributed by atoms with Crippen LogP contribution in [0, 0.1) is 11.8 Å². The van der Waals surface area contributed by atoms with Crippen LogP contribution in [-0.2, 0) is 25.2 Å². The van der Waals surface area contributed by atoms with Crippen molar-refractivity contribution in [2.45, 2.75) is 68.2 Å². The summed E-state index contributed by atoms with van der Waals surface area (Å²) in [7, 11) is 4.46. The minimum Gasteiger partial charge on any atom is -0.497 e. The van der Waals surface area contributed by atoms with Gasteiger partial charge < -0.3 is 24.0 Å². The minimum atomic E-state index is -4.55. The Morgan fingerprint density at radius 1 is 0.918 bits per heavy atom. The Morgan fingerprint density at radius 2 is 1.61 bits per heavy atom. The second-order valence-electron chi connectivity index (χ2n) is 14.1. The third kappa shape index (κ3) is 7.13. The van der Waals surface area contributed by atoms with Gasteiger partial charge in [0.25, 0.3) is 5.91 Å². The van der Waals surface area contributed by atoms with E-state index in [0.29, 0.717) is 49.5 Å². The van der Waals surface area contributed by atoms with E-state index in [1.165, 1.54) is 19.2 Å². The van der Waals surface area contributed by atoms with E-state index < -0.39 is 29.2 Å². The molecule has 0 aromatic heterocycles. The minimum absolute atomic E-state index is 0.00394. The van der Waals surface area contributed by atoms with Crippen LogP contribution in [0.15, 0.2) is 42.5 Å². The van der Waals surface area contributed by atoms with Gasteiger partial charge in [0.05, 0.1) is 32.3 Å². The number of anilines is 1. The molecule has 12 heteroatoms. The molecule has 6 rings (SSSR count). The summed E-state index contributed by atoms with van der Waals surface area (Å²) in [6.07, 6.45) is 0.491. The van der Waals surface area contributed by atoms with E-state index >= 15 is 4.39 Å². The van der Waals surface area contributed by atoms with Crippen LogP contribution in [0.25, 0.3) is 0 Å². The number of amides is 1. The molecular weight excluding hydrogens is 642 g/mol. The SMILES string of the molecule is COCC1CN(C(=O)[C@]2(F)CN(C3CCCC3)C[C@H]2c2ccc(OC)cc2)CC1c1ccc(C(F)(F)F)cc1N1CCC(C(=O)OC)CC1. The molecule has 2 unspecified atom stereocenters. The van der Waals surface area contributed by atoms with Crippen LogP contribution in [0.1, 0.15) is 67.1 Å². The molecule has 4 fully saturated rings. The topological polar surface area (TPSA) is 71.6 Å². The number of rotatable bonds is 9. The highest BCUT2D eigenvalue weighted by molar-refractivity contribution is 5.88.